The molecule has 4 rings (SSSR count). The summed E-state index contributed by atoms with van der Waals surface area (Å²) >= 11 is 1.40. The third-order valence-corrected chi connectivity index (χ3v) is 8.34. The quantitative estimate of drug-likeness (QED) is 0.744. The number of sulfone groups is 1. The average Bonchev–Trinajstić information content (AvgIpc) is 3.13. The van der Waals surface area contributed by atoms with E-state index in [1.807, 2.05) is 78.5 Å². The lowest BCUT2D eigenvalue weighted by atomic mass is 10.1. The van der Waals surface area contributed by atoms with Gasteiger partial charge in [-0.1, -0.05) is 42.1 Å². The van der Waals surface area contributed by atoms with E-state index >= 15 is 0 Å². The average molecular weight is 430 g/mol. The van der Waals surface area contributed by atoms with E-state index in [-0.39, 0.29) is 35.1 Å². The number of benzene rings is 2. The molecular weight excluding hydrogens is 406 g/mol. The minimum atomic E-state index is -3.08. The number of hydrogen-bond donors (Lipinski definition) is 0. The summed E-state index contributed by atoms with van der Waals surface area (Å²) in [6, 6.07) is 17.2. The van der Waals surface area contributed by atoms with Crippen LogP contribution in [-0.2, 0) is 21.1 Å². The Morgan fingerprint density at radius 2 is 1.79 bits per heavy atom. The second-order valence-electron chi connectivity index (χ2n) is 7.53. The standard InChI is InChI=1S/C21H23N3O3S2/c1-23(2)16-8-10-17(11-9-16)24-18-13-29(26,27)14-19(18)28-21(24)22-20(25)12-15-6-4-3-5-7-15/h3-11,18-19H,12-14H2,1-2H3/t18-,19-/m0/s1. The molecule has 2 aliphatic rings. The van der Waals surface area contributed by atoms with Crippen LogP contribution in [-0.4, -0.2) is 56.4 Å². The molecule has 2 aromatic rings. The first-order valence-corrected chi connectivity index (χ1v) is 12.1. The Hall–Kier alpha value is -2.32. The maximum Gasteiger partial charge on any atom is 0.252 e. The van der Waals surface area contributed by atoms with Crippen molar-refractivity contribution in [3.63, 3.8) is 0 Å². The second kappa shape index (κ2) is 7.84. The zero-order valence-corrected chi connectivity index (χ0v) is 18.0. The molecule has 0 saturated carbocycles. The number of anilines is 2. The van der Waals surface area contributed by atoms with Gasteiger partial charge in [0.1, 0.15) is 0 Å². The van der Waals surface area contributed by atoms with Gasteiger partial charge < -0.3 is 9.80 Å². The van der Waals surface area contributed by atoms with Gasteiger partial charge in [-0.3, -0.25) is 4.79 Å². The van der Waals surface area contributed by atoms with Crippen molar-refractivity contribution in [1.29, 1.82) is 0 Å². The number of rotatable bonds is 4. The van der Waals surface area contributed by atoms with Crippen molar-refractivity contribution in [1.82, 2.24) is 0 Å². The first-order valence-electron chi connectivity index (χ1n) is 9.41. The van der Waals surface area contributed by atoms with Gasteiger partial charge in [0, 0.05) is 30.7 Å². The van der Waals surface area contributed by atoms with Crippen LogP contribution >= 0.6 is 11.8 Å². The van der Waals surface area contributed by atoms with E-state index < -0.39 is 9.84 Å². The number of amidine groups is 1. The van der Waals surface area contributed by atoms with Gasteiger partial charge in [0.05, 0.1) is 24.0 Å². The molecule has 152 valence electrons. The van der Waals surface area contributed by atoms with E-state index in [1.165, 1.54) is 11.8 Å². The molecule has 0 radical (unpaired) electrons. The summed E-state index contributed by atoms with van der Waals surface area (Å²) in [5, 5.41) is 0.491. The number of carbonyl (C=O) groups is 1. The molecule has 2 heterocycles. The largest absolute Gasteiger partial charge is 0.378 e. The first-order chi connectivity index (χ1) is 13.8. The molecule has 2 atom stereocenters. The third-order valence-electron chi connectivity index (χ3n) is 5.13. The van der Waals surface area contributed by atoms with Crippen LogP contribution in [0.2, 0.25) is 0 Å². The Kier molecular flexibility index (Phi) is 5.40. The Bertz CT molecular complexity index is 1030. The number of thioether (sulfide) groups is 1. The first kappa shape index (κ1) is 20.0. The van der Waals surface area contributed by atoms with Crippen LogP contribution in [0.15, 0.2) is 59.6 Å². The molecule has 2 aliphatic heterocycles. The van der Waals surface area contributed by atoms with Crippen LogP contribution in [0.25, 0.3) is 0 Å². The molecule has 6 nitrogen and oxygen atoms in total. The van der Waals surface area contributed by atoms with E-state index in [1.54, 1.807) is 0 Å². The maximum atomic E-state index is 12.6. The van der Waals surface area contributed by atoms with Crippen LogP contribution in [0, 0.1) is 0 Å². The molecule has 0 aliphatic carbocycles. The van der Waals surface area contributed by atoms with E-state index in [2.05, 4.69) is 4.99 Å². The van der Waals surface area contributed by atoms with Gasteiger partial charge in [0.2, 0.25) is 0 Å². The topological polar surface area (TPSA) is 70.0 Å². The van der Waals surface area contributed by atoms with Gasteiger partial charge in [-0.15, -0.1) is 0 Å². The van der Waals surface area contributed by atoms with Crippen LogP contribution in [0.1, 0.15) is 5.56 Å². The van der Waals surface area contributed by atoms with E-state index in [0.717, 1.165) is 16.9 Å². The summed E-state index contributed by atoms with van der Waals surface area (Å²) in [5.74, 6) is -0.0107. The van der Waals surface area contributed by atoms with Crippen molar-refractivity contribution in [3.8, 4) is 0 Å². The van der Waals surface area contributed by atoms with Gasteiger partial charge in [-0.2, -0.15) is 4.99 Å². The SMILES string of the molecule is CN(C)c1ccc(N2C(=NC(=O)Cc3ccccc3)S[C@H]3CS(=O)(=O)C[C@@H]32)cc1. The fraction of sp³-hybridized carbons (Fsp3) is 0.333. The lowest BCUT2D eigenvalue weighted by Gasteiger charge is -2.25. The molecule has 0 aromatic heterocycles. The summed E-state index contributed by atoms with van der Waals surface area (Å²) < 4.78 is 24.4. The summed E-state index contributed by atoms with van der Waals surface area (Å²) in [4.78, 5) is 20.9. The molecule has 0 bridgehead atoms. The Morgan fingerprint density at radius 3 is 2.45 bits per heavy atom. The van der Waals surface area contributed by atoms with Gasteiger partial charge in [0.15, 0.2) is 15.0 Å². The lowest BCUT2D eigenvalue weighted by molar-refractivity contribution is -0.117. The highest BCUT2D eigenvalue weighted by Gasteiger charge is 2.49. The van der Waals surface area contributed by atoms with Crippen molar-refractivity contribution in [2.45, 2.75) is 17.7 Å². The molecule has 2 saturated heterocycles. The normalized spacial score (nSPS) is 23.9. The lowest BCUT2D eigenvalue weighted by Crippen LogP contribution is -2.37. The van der Waals surface area contributed by atoms with Crippen LogP contribution < -0.4 is 9.80 Å². The zero-order valence-electron chi connectivity index (χ0n) is 16.4. The molecule has 0 unspecified atom stereocenters. The summed E-state index contributed by atoms with van der Waals surface area (Å²) in [6.07, 6.45) is 0.228. The number of carbonyl (C=O) groups excluding carboxylic acids is 1. The highest BCUT2D eigenvalue weighted by atomic mass is 32.2. The highest BCUT2D eigenvalue weighted by molar-refractivity contribution is 8.16. The van der Waals surface area contributed by atoms with Crippen molar-refractivity contribution in [3.05, 3.63) is 60.2 Å². The highest BCUT2D eigenvalue weighted by Crippen LogP contribution is 2.41. The van der Waals surface area contributed by atoms with E-state index in [4.69, 9.17) is 0 Å². The van der Waals surface area contributed by atoms with Crippen LogP contribution in [0.4, 0.5) is 11.4 Å². The zero-order chi connectivity index (χ0) is 20.6. The molecule has 8 heteroatoms. The molecule has 1 amide bonds. The van der Waals surface area contributed by atoms with Gasteiger partial charge in [-0.05, 0) is 29.8 Å². The molecule has 0 N–H and O–H groups in total. The summed E-state index contributed by atoms with van der Waals surface area (Å²) in [7, 11) is 0.856. The monoisotopic (exact) mass is 429 g/mol. The minimum Gasteiger partial charge on any atom is -0.378 e. The van der Waals surface area contributed by atoms with Crippen molar-refractivity contribution >= 4 is 44.0 Å². The van der Waals surface area contributed by atoms with Crippen LogP contribution in [0.5, 0.6) is 0 Å². The number of fused-ring (bicyclic) bond motifs is 1. The van der Waals surface area contributed by atoms with Crippen molar-refractivity contribution < 1.29 is 13.2 Å². The number of amides is 1. The second-order valence-corrected chi connectivity index (χ2v) is 10.9. The molecule has 29 heavy (non-hydrogen) atoms. The molecular formula is C21H23N3O3S2. The third kappa shape index (κ3) is 4.33. The fourth-order valence-corrected chi connectivity index (χ4v) is 7.63. The maximum absolute atomic E-state index is 12.6. The smallest absolute Gasteiger partial charge is 0.252 e. The Balaban J connectivity index is 1.64. The summed E-state index contributed by atoms with van der Waals surface area (Å²) in [6.45, 7) is 0. The predicted octanol–water partition coefficient (Wildman–Crippen LogP) is 2.60. The van der Waals surface area contributed by atoms with Crippen molar-refractivity contribution in [2.24, 2.45) is 4.99 Å². The van der Waals surface area contributed by atoms with E-state index in [0.29, 0.717) is 5.17 Å². The van der Waals surface area contributed by atoms with Gasteiger partial charge in [-0.25, -0.2) is 8.42 Å². The molecule has 2 fully saturated rings. The Labute approximate surface area is 175 Å². The minimum absolute atomic E-state index is 0.0893. The van der Waals surface area contributed by atoms with E-state index in [9.17, 15) is 13.2 Å². The predicted molar refractivity (Wildman–Crippen MR) is 120 cm³/mol. The summed E-state index contributed by atoms with van der Waals surface area (Å²) in [5.41, 5.74) is 2.82. The van der Waals surface area contributed by atoms with Crippen molar-refractivity contribution in [2.75, 3.05) is 35.4 Å². The van der Waals surface area contributed by atoms with Gasteiger partial charge in [0.25, 0.3) is 5.91 Å². The fourth-order valence-electron chi connectivity index (χ4n) is 3.69. The van der Waals surface area contributed by atoms with Crippen LogP contribution in [0.3, 0.4) is 0 Å². The van der Waals surface area contributed by atoms with Gasteiger partial charge >= 0.3 is 0 Å². The Morgan fingerprint density at radius 1 is 1.10 bits per heavy atom. The number of aliphatic imine (C=N–C) groups is 1. The number of hydrogen-bond acceptors (Lipinski definition) is 5. The molecule has 0 spiro atoms. The number of nitrogens with zero attached hydrogens (tertiary/aromatic N) is 3. The molecule has 2 aromatic carbocycles.